The maximum absolute atomic E-state index is 12.4. The fourth-order valence-corrected chi connectivity index (χ4v) is 2.77. The van der Waals surface area contributed by atoms with Gasteiger partial charge in [0, 0.05) is 25.8 Å². The Labute approximate surface area is 156 Å². The third kappa shape index (κ3) is 4.19. The highest BCUT2D eigenvalue weighted by atomic mass is 16.6. The van der Waals surface area contributed by atoms with Gasteiger partial charge in [-0.25, -0.2) is 4.79 Å². The fraction of sp³-hybridized carbons (Fsp3) is 0.556. The third-order valence-electron chi connectivity index (χ3n) is 4.24. The molecule has 3 heterocycles. The van der Waals surface area contributed by atoms with E-state index in [4.69, 9.17) is 14.0 Å². The van der Waals surface area contributed by atoms with Crippen LogP contribution in [0, 0.1) is 0 Å². The van der Waals surface area contributed by atoms with Crippen LogP contribution in [-0.4, -0.2) is 45.4 Å². The van der Waals surface area contributed by atoms with E-state index < -0.39 is 5.60 Å². The first-order valence-electron chi connectivity index (χ1n) is 8.77. The summed E-state index contributed by atoms with van der Waals surface area (Å²) in [6.07, 6.45) is -0.204. The van der Waals surface area contributed by atoms with Crippen molar-refractivity contribution in [3.05, 3.63) is 33.6 Å². The molecule has 1 atom stereocenters. The van der Waals surface area contributed by atoms with Crippen molar-refractivity contribution in [2.24, 2.45) is 0 Å². The Morgan fingerprint density at radius 1 is 1.41 bits per heavy atom. The first-order chi connectivity index (χ1) is 12.7. The highest BCUT2D eigenvalue weighted by Crippen LogP contribution is 2.23. The van der Waals surface area contributed by atoms with Crippen LogP contribution < -0.4 is 5.56 Å². The van der Waals surface area contributed by atoms with Gasteiger partial charge in [-0.2, -0.15) is 4.98 Å². The van der Waals surface area contributed by atoms with E-state index in [0.29, 0.717) is 25.4 Å². The number of carbonyl (C=O) groups is 1. The van der Waals surface area contributed by atoms with E-state index in [1.807, 2.05) is 20.8 Å². The highest BCUT2D eigenvalue weighted by molar-refractivity contribution is 5.69. The Kier molecular flexibility index (Phi) is 5.05. The average Bonchev–Trinajstić information content (AvgIpc) is 3.08. The van der Waals surface area contributed by atoms with Gasteiger partial charge >= 0.3 is 6.09 Å². The number of H-pyrrole nitrogens is 1. The highest BCUT2D eigenvalue weighted by Gasteiger charge is 2.27. The van der Waals surface area contributed by atoms with Gasteiger partial charge in [0.15, 0.2) is 0 Å². The van der Waals surface area contributed by atoms with Crippen molar-refractivity contribution < 1.29 is 18.8 Å². The summed E-state index contributed by atoms with van der Waals surface area (Å²) in [5, 5.41) is 3.88. The lowest BCUT2D eigenvalue weighted by molar-refractivity contribution is 0.0222. The molecule has 3 rings (SSSR count). The Morgan fingerprint density at radius 2 is 2.15 bits per heavy atom. The number of aromatic nitrogens is 3. The zero-order chi connectivity index (χ0) is 19.8. The van der Waals surface area contributed by atoms with Crippen LogP contribution in [0.1, 0.15) is 50.9 Å². The molecular weight excluding hydrogens is 352 g/mol. The number of ether oxygens (including phenoxy) is 2. The van der Waals surface area contributed by atoms with Crippen molar-refractivity contribution in [3.63, 3.8) is 0 Å². The quantitative estimate of drug-likeness (QED) is 0.876. The van der Waals surface area contributed by atoms with Crippen molar-refractivity contribution in [2.75, 3.05) is 13.7 Å². The Balaban J connectivity index is 1.87. The van der Waals surface area contributed by atoms with Gasteiger partial charge in [0.1, 0.15) is 11.7 Å². The van der Waals surface area contributed by atoms with E-state index in [-0.39, 0.29) is 29.1 Å². The van der Waals surface area contributed by atoms with Crippen LogP contribution in [0.4, 0.5) is 4.79 Å². The van der Waals surface area contributed by atoms with Crippen molar-refractivity contribution in [1.82, 2.24) is 20.0 Å². The first-order valence-corrected chi connectivity index (χ1v) is 8.77. The molecule has 2 aromatic rings. The molecule has 1 aliphatic rings. The molecule has 27 heavy (non-hydrogen) atoms. The summed E-state index contributed by atoms with van der Waals surface area (Å²) in [5.74, 6) is 0.479. The second-order valence-corrected chi connectivity index (χ2v) is 7.50. The minimum absolute atomic E-state index is 0.187. The second kappa shape index (κ2) is 7.15. The molecule has 146 valence electrons. The number of nitrogens with zero attached hydrogens (tertiary/aromatic N) is 3. The lowest BCUT2D eigenvalue weighted by Gasteiger charge is -2.31. The summed E-state index contributed by atoms with van der Waals surface area (Å²) in [5.41, 5.74) is 1.06. The van der Waals surface area contributed by atoms with Gasteiger partial charge in [-0.15, -0.1) is 0 Å². The van der Waals surface area contributed by atoms with Crippen LogP contribution in [0.3, 0.4) is 0 Å². The number of rotatable bonds is 3. The van der Waals surface area contributed by atoms with Crippen molar-refractivity contribution in [3.8, 4) is 11.4 Å². The van der Waals surface area contributed by atoms with Crippen molar-refractivity contribution in [1.29, 1.82) is 0 Å². The van der Waals surface area contributed by atoms with Crippen molar-refractivity contribution >= 4 is 6.09 Å². The average molecular weight is 376 g/mol. The molecule has 0 radical (unpaired) electrons. The van der Waals surface area contributed by atoms with E-state index >= 15 is 0 Å². The molecular formula is C18H24N4O5. The molecule has 0 spiro atoms. The molecule has 9 heteroatoms. The smallest absolute Gasteiger partial charge is 0.410 e. The zero-order valence-corrected chi connectivity index (χ0v) is 16.2. The van der Waals surface area contributed by atoms with E-state index in [2.05, 4.69) is 15.1 Å². The van der Waals surface area contributed by atoms with Gasteiger partial charge in [-0.1, -0.05) is 5.16 Å². The molecule has 0 unspecified atom stereocenters. The van der Waals surface area contributed by atoms with Gasteiger partial charge in [-0.05, 0) is 39.3 Å². The second-order valence-electron chi connectivity index (χ2n) is 7.50. The molecule has 0 fully saturated rings. The van der Waals surface area contributed by atoms with Gasteiger partial charge in [0.05, 0.1) is 12.1 Å². The van der Waals surface area contributed by atoms with Gasteiger partial charge in [0.25, 0.3) is 11.4 Å². The van der Waals surface area contributed by atoms with E-state index in [1.165, 1.54) is 7.11 Å². The summed E-state index contributed by atoms with van der Waals surface area (Å²) >= 11 is 0. The summed E-state index contributed by atoms with van der Waals surface area (Å²) in [4.78, 5) is 33.5. The molecule has 0 saturated heterocycles. The lowest BCUT2D eigenvalue weighted by Crippen LogP contribution is -2.40. The number of methoxy groups -OCH3 is 1. The summed E-state index contributed by atoms with van der Waals surface area (Å²) < 4.78 is 15.7. The van der Waals surface area contributed by atoms with E-state index in [9.17, 15) is 9.59 Å². The Morgan fingerprint density at radius 3 is 2.81 bits per heavy atom. The molecule has 1 aliphatic heterocycles. The molecule has 1 N–H and O–H groups in total. The summed E-state index contributed by atoms with van der Waals surface area (Å²) in [6.45, 7) is 8.07. The van der Waals surface area contributed by atoms with Crippen LogP contribution >= 0.6 is 0 Å². The zero-order valence-electron chi connectivity index (χ0n) is 16.2. The van der Waals surface area contributed by atoms with Crippen LogP contribution in [0.15, 0.2) is 15.4 Å². The van der Waals surface area contributed by atoms with E-state index in [1.54, 1.807) is 17.9 Å². The SMILES string of the molecule is CO[C@@H](C)c1nc(-c2cc3c([nH]c2=O)CCN(C(=O)OC(C)(C)C)C3)no1. The number of nitrogens with one attached hydrogen (secondary N) is 1. The number of amides is 1. The number of fused-ring (bicyclic) bond motifs is 1. The van der Waals surface area contributed by atoms with Gasteiger partial charge < -0.3 is 23.9 Å². The van der Waals surface area contributed by atoms with Crippen LogP contribution in [0.5, 0.6) is 0 Å². The number of pyridine rings is 1. The van der Waals surface area contributed by atoms with Crippen LogP contribution in [-0.2, 0) is 22.4 Å². The lowest BCUT2D eigenvalue weighted by atomic mass is 10.0. The number of carbonyl (C=O) groups excluding carboxylic acids is 1. The largest absolute Gasteiger partial charge is 0.444 e. The summed E-state index contributed by atoms with van der Waals surface area (Å²) in [6, 6.07) is 1.71. The number of hydrogen-bond acceptors (Lipinski definition) is 7. The van der Waals surface area contributed by atoms with Gasteiger partial charge in [-0.3, -0.25) is 4.79 Å². The normalized spacial score (nSPS) is 15.4. The first kappa shape index (κ1) is 19.1. The molecule has 9 nitrogen and oxygen atoms in total. The molecule has 0 aromatic carbocycles. The monoisotopic (exact) mass is 376 g/mol. The van der Waals surface area contributed by atoms with Crippen LogP contribution in [0.2, 0.25) is 0 Å². The maximum Gasteiger partial charge on any atom is 0.410 e. The molecule has 2 aromatic heterocycles. The predicted octanol–water partition coefficient (Wildman–Crippen LogP) is 2.43. The standard InChI is InChI=1S/C18H24N4O5/c1-10(25-5)16-20-14(21-27-16)12-8-11-9-22(17(24)26-18(2,3)4)7-6-13(11)19-15(12)23/h8,10H,6-7,9H2,1-5H3,(H,19,23)/t10-/m0/s1. The Bertz CT molecular complexity index is 896. The van der Waals surface area contributed by atoms with Crippen LogP contribution in [0.25, 0.3) is 11.4 Å². The molecule has 1 amide bonds. The fourth-order valence-electron chi connectivity index (χ4n) is 2.77. The minimum atomic E-state index is -0.563. The Hall–Kier alpha value is -2.68. The predicted molar refractivity (Wildman–Crippen MR) is 96.1 cm³/mol. The van der Waals surface area contributed by atoms with E-state index in [0.717, 1.165) is 11.3 Å². The minimum Gasteiger partial charge on any atom is -0.444 e. The third-order valence-corrected chi connectivity index (χ3v) is 4.24. The number of hydrogen-bond donors (Lipinski definition) is 1. The number of aromatic amines is 1. The molecule has 0 bridgehead atoms. The van der Waals surface area contributed by atoms with Crippen molar-refractivity contribution in [2.45, 2.75) is 52.4 Å². The summed E-state index contributed by atoms with van der Waals surface area (Å²) in [7, 11) is 1.53. The maximum atomic E-state index is 12.4. The molecule has 0 saturated carbocycles. The van der Waals surface area contributed by atoms with Gasteiger partial charge in [0.2, 0.25) is 5.82 Å². The molecule has 0 aliphatic carbocycles. The topological polar surface area (TPSA) is 111 Å².